The lowest BCUT2D eigenvalue weighted by Crippen LogP contribution is -2.21. The average molecular weight is 456 g/mol. The normalized spacial score (nSPS) is 14.9. The zero-order valence-corrected chi connectivity index (χ0v) is 18.7. The Balaban J connectivity index is 1.29. The third-order valence-electron chi connectivity index (χ3n) is 5.25. The number of hydrogen-bond donors (Lipinski definition) is 2. The molecule has 3 heterocycles. The van der Waals surface area contributed by atoms with Crippen molar-refractivity contribution in [2.75, 3.05) is 5.32 Å². The topological polar surface area (TPSA) is 83.6 Å². The van der Waals surface area contributed by atoms with E-state index in [9.17, 15) is 4.79 Å². The van der Waals surface area contributed by atoms with Crippen LogP contribution >= 0.6 is 34.4 Å². The number of aromatic nitrogens is 4. The van der Waals surface area contributed by atoms with Gasteiger partial charge in [0, 0.05) is 17.0 Å². The molecule has 5 rings (SSSR count). The molecule has 4 aromatic rings. The third-order valence-corrected chi connectivity index (χ3v) is 8.12. The molecule has 1 aliphatic carbocycles. The Morgan fingerprint density at radius 1 is 1.13 bits per heavy atom. The molecular formula is C21H21N5OS3. The second kappa shape index (κ2) is 8.87. The molecule has 1 aromatic carbocycles. The van der Waals surface area contributed by atoms with Crippen LogP contribution in [0.5, 0.6) is 0 Å². The molecule has 1 saturated carbocycles. The van der Waals surface area contributed by atoms with Crippen LogP contribution in [-0.4, -0.2) is 26.2 Å². The van der Waals surface area contributed by atoms with Gasteiger partial charge < -0.3 is 10.3 Å². The zero-order valence-electron chi connectivity index (χ0n) is 16.3. The first-order valence-corrected chi connectivity index (χ1v) is 12.7. The number of thiophene rings is 1. The minimum Gasteiger partial charge on any atom is -0.357 e. The van der Waals surface area contributed by atoms with Crippen molar-refractivity contribution < 1.29 is 0 Å². The van der Waals surface area contributed by atoms with Crippen LogP contribution in [0.2, 0.25) is 0 Å². The first-order chi connectivity index (χ1) is 14.8. The van der Waals surface area contributed by atoms with Gasteiger partial charge in [-0.3, -0.25) is 4.79 Å². The molecule has 0 spiro atoms. The quantitative estimate of drug-likeness (QED) is 0.371. The second-order valence-corrected chi connectivity index (χ2v) is 10.4. The highest BCUT2D eigenvalue weighted by Gasteiger charge is 2.16. The van der Waals surface area contributed by atoms with Gasteiger partial charge in [-0.2, -0.15) is 0 Å². The Bertz CT molecular complexity index is 1190. The van der Waals surface area contributed by atoms with Gasteiger partial charge >= 0.3 is 0 Å². The fourth-order valence-corrected chi connectivity index (χ4v) is 6.44. The van der Waals surface area contributed by atoms with Crippen LogP contribution in [0.1, 0.15) is 37.9 Å². The van der Waals surface area contributed by atoms with Crippen molar-refractivity contribution in [3.8, 4) is 11.1 Å². The monoisotopic (exact) mass is 455 g/mol. The maximum atomic E-state index is 12.8. The molecule has 0 unspecified atom stereocenters. The molecule has 1 aliphatic rings. The molecule has 154 valence electrons. The summed E-state index contributed by atoms with van der Waals surface area (Å²) in [6, 6.07) is 10.5. The maximum Gasteiger partial charge on any atom is 0.260 e. The van der Waals surface area contributed by atoms with Crippen LogP contribution in [0.25, 0.3) is 21.3 Å². The summed E-state index contributed by atoms with van der Waals surface area (Å²) in [4.78, 5) is 21.2. The standard InChI is InChI=1S/C21H21N5OS3/c27-18-17-15(13-7-3-1-4-8-13)11-28-19(17)24-16(23-18)12-29-21-26-25-20(30-21)22-14-9-5-2-6-10-14/h1,3-4,7-8,11,14H,2,5-6,9-10,12H2,(H,22,25)(H,23,24,27). The van der Waals surface area contributed by atoms with Crippen LogP contribution in [-0.2, 0) is 5.75 Å². The van der Waals surface area contributed by atoms with Gasteiger partial charge in [-0.1, -0.05) is 72.7 Å². The fourth-order valence-electron chi connectivity index (χ4n) is 3.77. The van der Waals surface area contributed by atoms with Crippen molar-refractivity contribution in [3.63, 3.8) is 0 Å². The summed E-state index contributed by atoms with van der Waals surface area (Å²) in [5, 5.41) is 15.6. The molecule has 0 saturated heterocycles. The summed E-state index contributed by atoms with van der Waals surface area (Å²) in [5.41, 5.74) is 1.88. The van der Waals surface area contributed by atoms with Crippen molar-refractivity contribution >= 4 is 49.8 Å². The molecule has 0 atom stereocenters. The molecule has 2 N–H and O–H groups in total. The number of H-pyrrole nitrogens is 1. The summed E-state index contributed by atoms with van der Waals surface area (Å²) in [6.45, 7) is 0. The summed E-state index contributed by atoms with van der Waals surface area (Å²) >= 11 is 4.63. The van der Waals surface area contributed by atoms with E-state index in [-0.39, 0.29) is 5.56 Å². The molecule has 6 nitrogen and oxygen atoms in total. The van der Waals surface area contributed by atoms with Crippen molar-refractivity contribution in [2.45, 2.75) is 48.2 Å². The molecule has 0 amide bonds. The van der Waals surface area contributed by atoms with E-state index in [4.69, 9.17) is 0 Å². The van der Waals surface area contributed by atoms with Crippen molar-refractivity contribution in [2.24, 2.45) is 0 Å². The van der Waals surface area contributed by atoms with E-state index in [1.807, 2.05) is 35.7 Å². The van der Waals surface area contributed by atoms with Gasteiger partial charge in [0.05, 0.1) is 11.1 Å². The summed E-state index contributed by atoms with van der Waals surface area (Å²) in [5.74, 6) is 1.22. The Morgan fingerprint density at radius 3 is 2.80 bits per heavy atom. The molecule has 3 aromatic heterocycles. The van der Waals surface area contributed by atoms with Crippen LogP contribution in [0.15, 0.2) is 44.8 Å². The lowest BCUT2D eigenvalue weighted by molar-refractivity contribution is 0.462. The largest absolute Gasteiger partial charge is 0.357 e. The highest BCUT2D eigenvalue weighted by Crippen LogP contribution is 2.32. The number of benzene rings is 1. The van der Waals surface area contributed by atoms with Gasteiger partial charge in [-0.05, 0) is 18.4 Å². The number of anilines is 1. The summed E-state index contributed by atoms with van der Waals surface area (Å²) in [7, 11) is 0. The van der Waals surface area contributed by atoms with Gasteiger partial charge in [-0.25, -0.2) is 4.98 Å². The van der Waals surface area contributed by atoms with Crippen molar-refractivity contribution in [1.29, 1.82) is 0 Å². The lowest BCUT2D eigenvalue weighted by Gasteiger charge is -2.21. The van der Waals surface area contributed by atoms with Gasteiger partial charge in [0.2, 0.25) is 5.13 Å². The number of hydrogen-bond acceptors (Lipinski definition) is 8. The van der Waals surface area contributed by atoms with Crippen molar-refractivity contribution in [1.82, 2.24) is 20.2 Å². The number of nitrogens with zero attached hydrogens (tertiary/aromatic N) is 3. The van der Waals surface area contributed by atoms with Crippen LogP contribution in [0, 0.1) is 0 Å². The highest BCUT2D eigenvalue weighted by atomic mass is 32.2. The van der Waals surface area contributed by atoms with Gasteiger partial charge in [0.25, 0.3) is 5.56 Å². The fraction of sp³-hybridized carbons (Fsp3) is 0.333. The van der Waals surface area contributed by atoms with Crippen molar-refractivity contribution in [3.05, 3.63) is 51.9 Å². The van der Waals surface area contributed by atoms with E-state index in [1.54, 1.807) is 23.1 Å². The average Bonchev–Trinajstić information content (AvgIpc) is 3.41. The number of thioether (sulfide) groups is 1. The maximum absolute atomic E-state index is 12.8. The number of aromatic amines is 1. The van der Waals surface area contributed by atoms with Gasteiger partial charge in [0.15, 0.2) is 4.34 Å². The van der Waals surface area contributed by atoms with Crippen LogP contribution in [0.4, 0.5) is 5.13 Å². The first kappa shape index (κ1) is 19.7. The summed E-state index contributed by atoms with van der Waals surface area (Å²) < 4.78 is 0.882. The van der Waals surface area contributed by atoms with E-state index < -0.39 is 0 Å². The minimum absolute atomic E-state index is 0.0902. The van der Waals surface area contributed by atoms with Crippen LogP contribution < -0.4 is 10.9 Å². The number of rotatable bonds is 6. The zero-order chi connectivity index (χ0) is 20.3. The number of fused-ring (bicyclic) bond motifs is 1. The smallest absolute Gasteiger partial charge is 0.260 e. The predicted molar refractivity (Wildman–Crippen MR) is 126 cm³/mol. The van der Waals surface area contributed by atoms with E-state index in [0.29, 0.717) is 23.0 Å². The lowest BCUT2D eigenvalue weighted by atomic mass is 9.96. The molecule has 1 fully saturated rings. The Hall–Kier alpha value is -2.23. The second-order valence-electron chi connectivity index (χ2n) is 7.35. The minimum atomic E-state index is -0.0902. The molecule has 0 radical (unpaired) electrons. The third kappa shape index (κ3) is 4.28. The Labute approximate surface area is 186 Å². The molecule has 0 aliphatic heterocycles. The first-order valence-electron chi connectivity index (χ1n) is 10.0. The molecule has 30 heavy (non-hydrogen) atoms. The Morgan fingerprint density at radius 2 is 1.97 bits per heavy atom. The predicted octanol–water partition coefficient (Wildman–Crippen LogP) is 5.54. The van der Waals surface area contributed by atoms with E-state index in [0.717, 1.165) is 25.4 Å². The van der Waals surface area contributed by atoms with Gasteiger partial charge in [-0.15, -0.1) is 21.5 Å². The molecule has 0 bridgehead atoms. The number of nitrogens with one attached hydrogen (secondary N) is 2. The SMILES string of the molecule is O=c1[nH]c(CSc2nnc(NC3CCCCC3)s2)nc2scc(-c3ccccc3)c12. The van der Waals surface area contributed by atoms with E-state index in [2.05, 4.69) is 25.5 Å². The van der Waals surface area contributed by atoms with E-state index in [1.165, 1.54) is 43.4 Å². The van der Waals surface area contributed by atoms with Crippen LogP contribution in [0.3, 0.4) is 0 Å². The molecular weight excluding hydrogens is 434 g/mol. The van der Waals surface area contributed by atoms with E-state index >= 15 is 0 Å². The van der Waals surface area contributed by atoms with Gasteiger partial charge in [0.1, 0.15) is 10.7 Å². The highest BCUT2D eigenvalue weighted by molar-refractivity contribution is 8.00. The molecule has 9 heteroatoms. The summed E-state index contributed by atoms with van der Waals surface area (Å²) in [6.07, 6.45) is 6.32. The Kier molecular flexibility index (Phi) is 5.83.